The number of hydrogen-bond acceptors (Lipinski definition) is 4. The Bertz CT molecular complexity index is 747. The summed E-state index contributed by atoms with van der Waals surface area (Å²) in [6, 6.07) is 4.64. The Labute approximate surface area is 159 Å². The molecule has 1 aromatic rings. The number of halogens is 2. The molecule has 1 aromatic carbocycles. The van der Waals surface area contributed by atoms with Crippen LogP contribution >= 0.6 is 12.4 Å². The van der Waals surface area contributed by atoms with Crippen molar-refractivity contribution in [1.29, 1.82) is 0 Å². The van der Waals surface area contributed by atoms with E-state index >= 15 is 0 Å². The highest BCUT2D eigenvalue weighted by Crippen LogP contribution is 2.27. The van der Waals surface area contributed by atoms with Gasteiger partial charge in [0.05, 0.1) is 4.90 Å². The molecular weight excluding hydrogens is 381 g/mol. The van der Waals surface area contributed by atoms with Crippen molar-refractivity contribution in [3.05, 3.63) is 30.1 Å². The van der Waals surface area contributed by atoms with Crippen molar-refractivity contribution >= 4 is 28.3 Å². The highest BCUT2D eigenvalue weighted by atomic mass is 35.5. The lowest BCUT2D eigenvalue weighted by molar-refractivity contribution is -0.136. The number of carbonyl (C=O) groups excluding carboxylic acids is 1. The third kappa shape index (κ3) is 4.94. The second kappa shape index (κ2) is 8.65. The fourth-order valence-corrected chi connectivity index (χ4v) is 4.99. The summed E-state index contributed by atoms with van der Waals surface area (Å²) in [5.41, 5.74) is 5.89. The minimum absolute atomic E-state index is 0. The van der Waals surface area contributed by atoms with Crippen LogP contribution in [-0.2, 0) is 14.8 Å². The summed E-state index contributed by atoms with van der Waals surface area (Å²) in [6.45, 7) is 0.988. The summed E-state index contributed by atoms with van der Waals surface area (Å²) in [5.74, 6) is -0.572. The van der Waals surface area contributed by atoms with Gasteiger partial charge in [-0.3, -0.25) is 4.79 Å². The van der Waals surface area contributed by atoms with E-state index in [1.807, 2.05) is 0 Å². The van der Waals surface area contributed by atoms with Crippen LogP contribution in [0.2, 0.25) is 0 Å². The Morgan fingerprint density at radius 3 is 2.69 bits per heavy atom. The van der Waals surface area contributed by atoms with E-state index in [1.165, 1.54) is 18.2 Å². The maximum absolute atomic E-state index is 13.3. The molecular formula is C17H25ClFN3O3S. The SMILES string of the molecule is Cl.NC1CCC(C(=O)N2CCCC(NS(=O)(=O)c3cccc(F)c3)C2)C1. The van der Waals surface area contributed by atoms with Crippen LogP contribution in [0.4, 0.5) is 4.39 Å². The number of piperidine rings is 1. The van der Waals surface area contributed by atoms with Gasteiger partial charge in [-0.15, -0.1) is 12.4 Å². The zero-order valence-corrected chi connectivity index (χ0v) is 16.1. The molecule has 0 bridgehead atoms. The van der Waals surface area contributed by atoms with Gasteiger partial charge in [0, 0.05) is 31.1 Å². The van der Waals surface area contributed by atoms with Crippen LogP contribution in [0.3, 0.4) is 0 Å². The molecule has 1 saturated carbocycles. The van der Waals surface area contributed by atoms with Gasteiger partial charge in [-0.1, -0.05) is 6.07 Å². The summed E-state index contributed by atoms with van der Waals surface area (Å²) in [5, 5.41) is 0. The van der Waals surface area contributed by atoms with Crippen molar-refractivity contribution in [2.24, 2.45) is 11.7 Å². The number of likely N-dealkylation sites (tertiary alicyclic amines) is 1. The van der Waals surface area contributed by atoms with Gasteiger partial charge in [-0.05, 0) is 50.3 Å². The summed E-state index contributed by atoms with van der Waals surface area (Å²) in [4.78, 5) is 14.3. The Morgan fingerprint density at radius 1 is 1.27 bits per heavy atom. The average Bonchev–Trinajstić information content (AvgIpc) is 3.00. The summed E-state index contributed by atoms with van der Waals surface area (Å²) >= 11 is 0. The first-order valence-electron chi connectivity index (χ1n) is 8.67. The van der Waals surface area contributed by atoms with Crippen LogP contribution in [-0.4, -0.2) is 44.4 Å². The molecule has 6 nitrogen and oxygen atoms in total. The molecule has 3 N–H and O–H groups in total. The standard InChI is InChI=1S/C17H24FN3O3S.ClH/c18-13-3-1-5-16(10-13)25(23,24)20-15-4-2-8-21(11-15)17(22)12-6-7-14(19)9-12;/h1,3,5,10,12,14-15,20H,2,4,6-9,11,19H2;1H. The van der Waals surface area contributed by atoms with Crippen LogP contribution in [0, 0.1) is 11.7 Å². The lowest BCUT2D eigenvalue weighted by Crippen LogP contribution is -2.50. The van der Waals surface area contributed by atoms with Gasteiger partial charge >= 0.3 is 0 Å². The molecule has 2 fully saturated rings. The van der Waals surface area contributed by atoms with E-state index in [9.17, 15) is 17.6 Å². The molecule has 0 spiro atoms. The number of nitrogens with zero attached hydrogens (tertiary/aromatic N) is 1. The normalized spacial score (nSPS) is 26.4. The minimum atomic E-state index is -3.81. The zero-order chi connectivity index (χ0) is 18.0. The molecule has 2 aliphatic rings. The topological polar surface area (TPSA) is 92.5 Å². The molecule has 0 aromatic heterocycles. The molecule has 1 aliphatic heterocycles. The van der Waals surface area contributed by atoms with E-state index in [0.29, 0.717) is 25.9 Å². The third-order valence-corrected chi connectivity index (χ3v) is 6.50. The number of amides is 1. The predicted molar refractivity (Wildman–Crippen MR) is 98.9 cm³/mol. The van der Waals surface area contributed by atoms with E-state index < -0.39 is 15.8 Å². The maximum Gasteiger partial charge on any atom is 0.240 e. The highest BCUT2D eigenvalue weighted by Gasteiger charge is 2.34. The van der Waals surface area contributed by atoms with Crippen LogP contribution in [0.15, 0.2) is 29.2 Å². The fraction of sp³-hybridized carbons (Fsp3) is 0.588. The third-order valence-electron chi connectivity index (χ3n) is 4.98. The van der Waals surface area contributed by atoms with Crippen molar-refractivity contribution in [3.63, 3.8) is 0 Å². The van der Waals surface area contributed by atoms with Crippen LogP contribution < -0.4 is 10.5 Å². The zero-order valence-electron chi connectivity index (χ0n) is 14.4. The first-order chi connectivity index (χ1) is 11.8. The molecule has 9 heteroatoms. The predicted octanol–water partition coefficient (Wildman–Crippen LogP) is 1.64. The number of rotatable bonds is 4. The van der Waals surface area contributed by atoms with Crippen LogP contribution in [0.1, 0.15) is 32.1 Å². The van der Waals surface area contributed by atoms with Gasteiger partial charge in [0.1, 0.15) is 5.82 Å². The largest absolute Gasteiger partial charge is 0.341 e. The molecule has 1 heterocycles. The first kappa shape index (κ1) is 21.1. The Morgan fingerprint density at radius 2 is 2.04 bits per heavy atom. The number of carbonyl (C=O) groups is 1. The van der Waals surface area contributed by atoms with Gasteiger partial charge in [0.2, 0.25) is 15.9 Å². The fourth-order valence-electron chi connectivity index (χ4n) is 3.69. The number of benzene rings is 1. The van der Waals surface area contributed by atoms with E-state index in [2.05, 4.69) is 4.72 Å². The lowest BCUT2D eigenvalue weighted by Gasteiger charge is -2.34. The van der Waals surface area contributed by atoms with Gasteiger partial charge in [0.25, 0.3) is 0 Å². The molecule has 1 saturated heterocycles. The quantitative estimate of drug-likeness (QED) is 0.796. The molecule has 146 valence electrons. The minimum Gasteiger partial charge on any atom is -0.341 e. The molecule has 3 rings (SSSR count). The molecule has 3 atom stereocenters. The van der Waals surface area contributed by atoms with Crippen molar-refractivity contribution < 1.29 is 17.6 Å². The molecule has 26 heavy (non-hydrogen) atoms. The number of hydrogen-bond donors (Lipinski definition) is 2. The molecule has 1 aliphatic carbocycles. The van der Waals surface area contributed by atoms with E-state index in [0.717, 1.165) is 25.3 Å². The van der Waals surface area contributed by atoms with E-state index in [-0.39, 0.29) is 41.2 Å². The van der Waals surface area contributed by atoms with Gasteiger partial charge in [0.15, 0.2) is 0 Å². The van der Waals surface area contributed by atoms with Crippen LogP contribution in [0.5, 0.6) is 0 Å². The monoisotopic (exact) mass is 405 g/mol. The van der Waals surface area contributed by atoms with Gasteiger partial charge < -0.3 is 10.6 Å². The Balaban J connectivity index is 0.00000243. The van der Waals surface area contributed by atoms with E-state index in [1.54, 1.807) is 4.90 Å². The average molecular weight is 406 g/mol. The number of nitrogens with two attached hydrogens (primary N) is 1. The summed E-state index contributed by atoms with van der Waals surface area (Å²) < 4.78 is 40.8. The van der Waals surface area contributed by atoms with Crippen molar-refractivity contribution in [2.45, 2.75) is 49.1 Å². The lowest BCUT2D eigenvalue weighted by atomic mass is 10.0. The second-order valence-electron chi connectivity index (χ2n) is 6.97. The summed E-state index contributed by atoms with van der Waals surface area (Å²) in [7, 11) is -3.81. The second-order valence-corrected chi connectivity index (χ2v) is 8.69. The van der Waals surface area contributed by atoms with Gasteiger partial charge in [-0.25, -0.2) is 17.5 Å². The molecule has 0 radical (unpaired) electrons. The van der Waals surface area contributed by atoms with Crippen molar-refractivity contribution in [2.75, 3.05) is 13.1 Å². The molecule has 3 unspecified atom stereocenters. The van der Waals surface area contributed by atoms with Crippen LogP contribution in [0.25, 0.3) is 0 Å². The Kier molecular flexibility index (Phi) is 7.01. The smallest absolute Gasteiger partial charge is 0.240 e. The summed E-state index contributed by atoms with van der Waals surface area (Å²) in [6.07, 6.45) is 3.76. The van der Waals surface area contributed by atoms with E-state index in [4.69, 9.17) is 5.73 Å². The molecule has 1 amide bonds. The first-order valence-corrected chi connectivity index (χ1v) is 10.2. The van der Waals surface area contributed by atoms with Crippen molar-refractivity contribution in [1.82, 2.24) is 9.62 Å². The van der Waals surface area contributed by atoms with Gasteiger partial charge in [-0.2, -0.15) is 0 Å². The maximum atomic E-state index is 13.3. The highest BCUT2D eigenvalue weighted by molar-refractivity contribution is 7.89. The number of sulfonamides is 1. The Hall–Kier alpha value is -1.22. The number of nitrogens with one attached hydrogen (secondary N) is 1. The van der Waals surface area contributed by atoms with Crippen molar-refractivity contribution in [3.8, 4) is 0 Å².